The third-order valence-corrected chi connectivity index (χ3v) is 4.60. The van der Waals surface area contributed by atoms with Gasteiger partial charge in [-0.2, -0.15) is 0 Å². The Bertz CT molecular complexity index is 1050. The van der Waals surface area contributed by atoms with Crippen molar-refractivity contribution in [1.82, 2.24) is 9.36 Å². The van der Waals surface area contributed by atoms with E-state index in [9.17, 15) is 4.79 Å². The Morgan fingerprint density at radius 2 is 1.79 bits per heavy atom. The molecule has 0 unspecified atom stereocenters. The van der Waals surface area contributed by atoms with Crippen LogP contribution in [0.4, 0.5) is 5.69 Å². The van der Waals surface area contributed by atoms with Gasteiger partial charge in [-0.25, -0.2) is 9.67 Å². The van der Waals surface area contributed by atoms with Crippen molar-refractivity contribution in [2.45, 2.75) is 27.2 Å². The van der Waals surface area contributed by atoms with Gasteiger partial charge in [-0.05, 0) is 56.2 Å². The first-order valence-corrected chi connectivity index (χ1v) is 9.84. The van der Waals surface area contributed by atoms with Crippen LogP contribution in [-0.4, -0.2) is 28.8 Å². The first-order chi connectivity index (χ1) is 14.1. The lowest BCUT2D eigenvalue weighted by molar-refractivity contribution is 0.277. The minimum Gasteiger partial charge on any atom is -0.490 e. The number of rotatable bonds is 8. The van der Waals surface area contributed by atoms with E-state index in [4.69, 9.17) is 9.47 Å². The van der Waals surface area contributed by atoms with Gasteiger partial charge in [0.2, 0.25) is 0 Å². The molecule has 0 fully saturated rings. The summed E-state index contributed by atoms with van der Waals surface area (Å²) in [6.07, 6.45) is 2.61. The van der Waals surface area contributed by atoms with Crippen LogP contribution in [0.5, 0.6) is 11.5 Å². The molecule has 6 heteroatoms. The molecule has 0 atom stereocenters. The van der Waals surface area contributed by atoms with E-state index in [0.717, 1.165) is 23.4 Å². The molecule has 0 aliphatic rings. The van der Waals surface area contributed by atoms with Crippen LogP contribution in [-0.2, 0) is 7.05 Å². The van der Waals surface area contributed by atoms with Gasteiger partial charge in [-0.1, -0.05) is 25.1 Å². The summed E-state index contributed by atoms with van der Waals surface area (Å²) in [4.78, 5) is 17.5. The smallest absolute Gasteiger partial charge is 0.297 e. The fraction of sp³-hybridized carbons (Fsp3) is 0.304. The third-order valence-electron chi connectivity index (χ3n) is 4.60. The molecule has 1 heterocycles. The number of aromatic nitrogens is 2. The summed E-state index contributed by atoms with van der Waals surface area (Å²) in [5.74, 6) is 1.39. The van der Waals surface area contributed by atoms with Crippen molar-refractivity contribution in [3.8, 4) is 17.2 Å². The zero-order valence-electron chi connectivity index (χ0n) is 17.4. The van der Waals surface area contributed by atoms with E-state index in [1.807, 2.05) is 74.1 Å². The Morgan fingerprint density at radius 3 is 2.48 bits per heavy atom. The summed E-state index contributed by atoms with van der Waals surface area (Å²) in [5.41, 5.74) is 2.70. The van der Waals surface area contributed by atoms with Crippen molar-refractivity contribution >= 4 is 11.9 Å². The van der Waals surface area contributed by atoms with Gasteiger partial charge in [-0.15, -0.1) is 0 Å². The number of hydrogen-bond donors (Lipinski definition) is 0. The van der Waals surface area contributed by atoms with Crippen LogP contribution in [0.1, 0.15) is 31.5 Å². The molecule has 2 aromatic carbocycles. The van der Waals surface area contributed by atoms with E-state index >= 15 is 0 Å². The molecule has 0 amide bonds. The summed E-state index contributed by atoms with van der Waals surface area (Å²) in [5, 5.41) is 0. The fourth-order valence-electron chi connectivity index (χ4n) is 3.05. The van der Waals surface area contributed by atoms with Gasteiger partial charge >= 0.3 is 0 Å². The SMILES string of the molecule is CCCOc1ccc(C=Nc2c(C)n(C)n(-c3ccccc3)c2=O)cc1OCC. The van der Waals surface area contributed by atoms with Crippen molar-refractivity contribution in [2.75, 3.05) is 13.2 Å². The minimum absolute atomic E-state index is 0.152. The van der Waals surface area contributed by atoms with Gasteiger partial charge < -0.3 is 9.47 Å². The average molecular weight is 393 g/mol. The average Bonchev–Trinajstić information content (AvgIpc) is 2.95. The molecule has 1 aromatic heterocycles. The molecule has 152 valence electrons. The van der Waals surface area contributed by atoms with E-state index in [1.54, 1.807) is 10.9 Å². The maximum atomic E-state index is 13.0. The van der Waals surface area contributed by atoms with Crippen LogP contribution >= 0.6 is 0 Å². The highest BCUT2D eigenvalue weighted by molar-refractivity contribution is 5.83. The van der Waals surface area contributed by atoms with E-state index in [2.05, 4.69) is 11.9 Å². The number of nitrogens with zero attached hydrogens (tertiary/aromatic N) is 3. The van der Waals surface area contributed by atoms with Crippen LogP contribution < -0.4 is 15.0 Å². The largest absolute Gasteiger partial charge is 0.490 e. The van der Waals surface area contributed by atoms with Crippen LogP contribution in [0.25, 0.3) is 5.69 Å². The quantitative estimate of drug-likeness (QED) is 0.532. The van der Waals surface area contributed by atoms with Crippen molar-refractivity contribution in [3.63, 3.8) is 0 Å². The van der Waals surface area contributed by atoms with Gasteiger partial charge in [0, 0.05) is 13.3 Å². The molecule has 0 aliphatic carbocycles. The lowest BCUT2D eigenvalue weighted by atomic mass is 10.2. The lowest BCUT2D eigenvalue weighted by Gasteiger charge is -2.11. The first kappa shape index (κ1) is 20.5. The van der Waals surface area contributed by atoms with Crippen LogP contribution in [0.2, 0.25) is 0 Å². The zero-order valence-corrected chi connectivity index (χ0v) is 17.4. The number of ether oxygens (including phenoxy) is 2. The van der Waals surface area contributed by atoms with E-state index in [1.165, 1.54) is 0 Å². The van der Waals surface area contributed by atoms with E-state index < -0.39 is 0 Å². The predicted octanol–water partition coefficient (Wildman–Crippen LogP) is 4.42. The second-order valence-corrected chi connectivity index (χ2v) is 6.66. The molecule has 0 saturated carbocycles. The standard InChI is InChI=1S/C23H27N3O3/c1-5-14-29-20-13-12-18(15-21(20)28-6-2)16-24-22-17(3)25(4)26(23(22)27)19-10-8-7-9-11-19/h7-13,15-16H,5-6,14H2,1-4H3. The van der Waals surface area contributed by atoms with Crippen molar-refractivity contribution in [3.05, 3.63) is 70.1 Å². The fourth-order valence-corrected chi connectivity index (χ4v) is 3.05. The van der Waals surface area contributed by atoms with Gasteiger partial charge in [-0.3, -0.25) is 9.48 Å². The van der Waals surface area contributed by atoms with Crippen molar-refractivity contribution in [2.24, 2.45) is 12.0 Å². The molecule has 0 aliphatic heterocycles. The summed E-state index contributed by atoms with van der Waals surface area (Å²) in [6.45, 7) is 7.06. The lowest BCUT2D eigenvalue weighted by Crippen LogP contribution is -2.19. The highest BCUT2D eigenvalue weighted by Gasteiger charge is 2.15. The molecule has 0 radical (unpaired) electrons. The molecular formula is C23H27N3O3. The van der Waals surface area contributed by atoms with E-state index in [-0.39, 0.29) is 5.56 Å². The van der Waals surface area contributed by atoms with Crippen LogP contribution in [0.15, 0.2) is 58.3 Å². The highest BCUT2D eigenvalue weighted by atomic mass is 16.5. The maximum Gasteiger partial charge on any atom is 0.297 e. The molecule has 3 aromatic rings. The highest BCUT2D eigenvalue weighted by Crippen LogP contribution is 2.28. The first-order valence-electron chi connectivity index (χ1n) is 9.84. The monoisotopic (exact) mass is 393 g/mol. The summed E-state index contributed by atoms with van der Waals surface area (Å²) in [7, 11) is 1.86. The van der Waals surface area contributed by atoms with Gasteiger partial charge in [0.15, 0.2) is 17.2 Å². The Labute approximate surface area is 171 Å². The summed E-state index contributed by atoms with van der Waals surface area (Å²) in [6, 6.07) is 15.2. The normalized spacial score (nSPS) is 11.2. The maximum absolute atomic E-state index is 13.0. The van der Waals surface area contributed by atoms with Crippen LogP contribution in [0.3, 0.4) is 0 Å². The zero-order chi connectivity index (χ0) is 20.8. The Kier molecular flexibility index (Phi) is 6.54. The molecule has 0 spiro atoms. The molecule has 0 N–H and O–H groups in total. The molecular weight excluding hydrogens is 366 g/mol. The molecule has 29 heavy (non-hydrogen) atoms. The minimum atomic E-state index is -0.152. The number of aliphatic imine (C=N–C) groups is 1. The molecule has 0 bridgehead atoms. The molecule has 6 nitrogen and oxygen atoms in total. The number of hydrogen-bond acceptors (Lipinski definition) is 4. The summed E-state index contributed by atoms with van der Waals surface area (Å²) < 4.78 is 14.9. The number of benzene rings is 2. The summed E-state index contributed by atoms with van der Waals surface area (Å²) >= 11 is 0. The Morgan fingerprint density at radius 1 is 1.03 bits per heavy atom. The van der Waals surface area contributed by atoms with Crippen molar-refractivity contribution < 1.29 is 9.47 Å². The van der Waals surface area contributed by atoms with E-state index in [0.29, 0.717) is 30.4 Å². The van der Waals surface area contributed by atoms with Crippen molar-refractivity contribution in [1.29, 1.82) is 0 Å². The molecule has 3 rings (SSSR count). The Hall–Kier alpha value is -3.28. The van der Waals surface area contributed by atoms with Gasteiger partial charge in [0.1, 0.15) is 0 Å². The van der Waals surface area contributed by atoms with Gasteiger partial charge in [0.05, 0.1) is 24.6 Å². The number of para-hydroxylation sites is 1. The van der Waals surface area contributed by atoms with Gasteiger partial charge in [0.25, 0.3) is 5.56 Å². The second kappa shape index (κ2) is 9.28. The Balaban J connectivity index is 1.94. The second-order valence-electron chi connectivity index (χ2n) is 6.66. The molecule has 0 saturated heterocycles. The predicted molar refractivity (Wildman–Crippen MR) is 116 cm³/mol. The topological polar surface area (TPSA) is 57.8 Å². The third kappa shape index (κ3) is 4.42. The van der Waals surface area contributed by atoms with Crippen LogP contribution in [0, 0.1) is 6.92 Å².